The van der Waals surface area contributed by atoms with Crippen molar-refractivity contribution >= 4 is 5.69 Å². The van der Waals surface area contributed by atoms with Crippen LogP contribution < -0.4 is 10.2 Å². The van der Waals surface area contributed by atoms with E-state index in [4.69, 9.17) is 0 Å². The molecule has 0 aliphatic carbocycles. The number of para-hydroxylation sites is 1. The van der Waals surface area contributed by atoms with E-state index in [0.717, 1.165) is 13.0 Å². The van der Waals surface area contributed by atoms with Crippen molar-refractivity contribution in [3.8, 4) is 0 Å². The molecule has 3 heteroatoms. The molecule has 0 saturated carbocycles. The Labute approximate surface area is 117 Å². The zero-order valence-electron chi connectivity index (χ0n) is 12.7. The summed E-state index contributed by atoms with van der Waals surface area (Å²) in [5.74, 6) is 0. The summed E-state index contributed by atoms with van der Waals surface area (Å²) in [7, 11) is 0. The number of benzene rings is 1. The van der Waals surface area contributed by atoms with E-state index < -0.39 is 0 Å². The van der Waals surface area contributed by atoms with Crippen LogP contribution in [0.4, 0.5) is 5.69 Å². The van der Waals surface area contributed by atoms with E-state index in [1.54, 1.807) is 0 Å². The van der Waals surface area contributed by atoms with E-state index in [2.05, 4.69) is 62.2 Å². The third-order valence-corrected chi connectivity index (χ3v) is 3.44. The van der Waals surface area contributed by atoms with Crippen molar-refractivity contribution in [2.24, 2.45) is 0 Å². The van der Waals surface area contributed by atoms with Crippen molar-refractivity contribution in [2.45, 2.75) is 46.2 Å². The predicted molar refractivity (Wildman–Crippen MR) is 82.7 cm³/mol. The van der Waals surface area contributed by atoms with Crippen LogP contribution in [0, 0.1) is 0 Å². The quantitative estimate of drug-likeness (QED) is 0.758. The maximum absolute atomic E-state index is 9.28. The maximum atomic E-state index is 9.28. The average molecular weight is 264 g/mol. The van der Waals surface area contributed by atoms with Crippen molar-refractivity contribution in [1.82, 2.24) is 5.32 Å². The van der Waals surface area contributed by atoms with E-state index in [0.29, 0.717) is 18.6 Å². The predicted octanol–water partition coefficient (Wildman–Crippen LogP) is 2.95. The first-order valence-corrected chi connectivity index (χ1v) is 7.35. The smallest absolute Gasteiger partial charge is 0.0606 e. The van der Waals surface area contributed by atoms with Crippen LogP contribution in [-0.4, -0.2) is 30.8 Å². The maximum Gasteiger partial charge on any atom is 0.0606 e. The molecule has 0 spiro atoms. The van der Waals surface area contributed by atoms with Crippen LogP contribution in [0.1, 0.15) is 45.7 Å². The summed E-state index contributed by atoms with van der Waals surface area (Å²) in [6, 6.07) is 9.28. The summed E-state index contributed by atoms with van der Waals surface area (Å²) in [6.45, 7) is 10.5. The molecule has 0 aromatic heterocycles. The Morgan fingerprint density at radius 3 is 2.42 bits per heavy atom. The van der Waals surface area contributed by atoms with Gasteiger partial charge in [-0.15, -0.1) is 0 Å². The van der Waals surface area contributed by atoms with Gasteiger partial charge in [-0.1, -0.05) is 32.0 Å². The van der Waals surface area contributed by atoms with Crippen molar-refractivity contribution in [1.29, 1.82) is 0 Å². The third-order valence-electron chi connectivity index (χ3n) is 3.44. The van der Waals surface area contributed by atoms with Gasteiger partial charge in [0.15, 0.2) is 0 Å². The molecular weight excluding hydrogens is 236 g/mol. The molecule has 0 radical (unpaired) electrons. The normalized spacial score (nSPS) is 12.7. The van der Waals surface area contributed by atoms with Crippen LogP contribution in [0.5, 0.6) is 0 Å². The van der Waals surface area contributed by atoms with Gasteiger partial charge in [0.2, 0.25) is 0 Å². The van der Waals surface area contributed by atoms with Gasteiger partial charge in [0.05, 0.1) is 6.61 Å². The number of nitrogens with zero attached hydrogens (tertiary/aromatic N) is 1. The minimum atomic E-state index is 0.185. The van der Waals surface area contributed by atoms with Crippen LogP contribution in [-0.2, 0) is 0 Å². The van der Waals surface area contributed by atoms with Gasteiger partial charge in [-0.05, 0) is 38.4 Å². The van der Waals surface area contributed by atoms with Crippen molar-refractivity contribution in [3.63, 3.8) is 0 Å². The number of anilines is 1. The van der Waals surface area contributed by atoms with Gasteiger partial charge in [0.1, 0.15) is 0 Å². The van der Waals surface area contributed by atoms with E-state index in [1.807, 2.05) is 0 Å². The first-order valence-electron chi connectivity index (χ1n) is 7.35. The van der Waals surface area contributed by atoms with Crippen LogP contribution in [0.25, 0.3) is 0 Å². The molecule has 0 saturated heterocycles. The molecular formula is C16H28N2O. The lowest BCUT2D eigenvalue weighted by molar-refractivity contribution is 0.299. The Hall–Kier alpha value is -1.06. The minimum Gasteiger partial charge on any atom is -0.395 e. The Morgan fingerprint density at radius 1 is 1.21 bits per heavy atom. The van der Waals surface area contributed by atoms with Crippen LogP contribution >= 0.6 is 0 Å². The number of hydrogen-bond donors (Lipinski definition) is 2. The second-order valence-corrected chi connectivity index (χ2v) is 5.09. The van der Waals surface area contributed by atoms with Gasteiger partial charge in [0, 0.05) is 24.3 Å². The highest BCUT2D eigenvalue weighted by molar-refractivity contribution is 5.55. The largest absolute Gasteiger partial charge is 0.395 e. The van der Waals surface area contributed by atoms with Crippen LogP contribution in [0.15, 0.2) is 24.3 Å². The molecule has 0 aliphatic heterocycles. The SMILES string of the molecule is CCNC(CC)c1ccccc1N(CCO)C(C)C. The number of aliphatic hydroxyl groups is 1. The fourth-order valence-corrected chi connectivity index (χ4v) is 2.53. The van der Waals surface area contributed by atoms with Crippen LogP contribution in [0.3, 0.4) is 0 Å². The van der Waals surface area contributed by atoms with Gasteiger partial charge < -0.3 is 15.3 Å². The average Bonchev–Trinajstić information content (AvgIpc) is 2.42. The van der Waals surface area contributed by atoms with Gasteiger partial charge in [-0.2, -0.15) is 0 Å². The molecule has 1 rings (SSSR count). The van der Waals surface area contributed by atoms with Crippen molar-refractivity contribution < 1.29 is 5.11 Å². The molecule has 0 bridgehead atoms. The zero-order valence-corrected chi connectivity index (χ0v) is 12.7. The molecule has 0 amide bonds. The first kappa shape index (κ1) is 16.0. The lowest BCUT2D eigenvalue weighted by Gasteiger charge is -2.32. The number of hydrogen-bond acceptors (Lipinski definition) is 3. The Kier molecular flexibility index (Phi) is 6.89. The molecule has 2 N–H and O–H groups in total. The molecule has 1 aromatic carbocycles. The topological polar surface area (TPSA) is 35.5 Å². The summed E-state index contributed by atoms with van der Waals surface area (Å²) >= 11 is 0. The molecule has 19 heavy (non-hydrogen) atoms. The second-order valence-electron chi connectivity index (χ2n) is 5.09. The number of aliphatic hydroxyl groups excluding tert-OH is 1. The molecule has 1 unspecified atom stereocenters. The highest BCUT2D eigenvalue weighted by Crippen LogP contribution is 2.29. The highest BCUT2D eigenvalue weighted by atomic mass is 16.3. The second kappa shape index (κ2) is 8.18. The fraction of sp³-hybridized carbons (Fsp3) is 0.625. The molecule has 0 heterocycles. The molecule has 1 atom stereocenters. The van der Waals surface area contributed by atoms with E-state index in [-0.39, 0.29) is 6.61 Å². The van der Waals surface area contributed by atoms with Crippen molar-refractivity contribution in [2.75, 3.05) is 24.6 Å². The summed E-state index contributed by atoms with van der Waals surface area (Å²) in [5, 5.41) is 12.8. The molecule has 0 aliphatic rings. The molecule has 1 aromatic rings. The molecule has 3 nitrogen and oxygen atoms in total. The fourth-order valence-electron chi connectivity index (χ4n) is 2.53. The monoisotopic (exact) mass is 264 g/mol. The van der Waals surface area contributed by atoms with Gasteiger partial charge >= 0.3 is 0 Å². The van der Waals surface area contributed by atoms with Gasteiger partial charge in [0.25, 0.3) is 0 Å². The van der Waals surface area contributed by atoms with Gasteiger partial charge in [-0.25, -0.2) is 0 Å². The highest BCUT2D eigenvalue weighted by Gasteiger charge is 2.18. The molecule has 0 fully saturated rings. The Morgan fingerprint density at radius 2 is 1.89 bits per heavy atom. The van der Waals surface area contributed by atoms with Crippen molar-refractivity contribution in [3.05, 3.63) is 29.8 Å². The summed E-state index contributed by atoms with van der Waals surface area (Å²) in [5.41, 5.74) is 2.56. The summed E-state index contributed by atoms with van der Waals surface area (Å²) < 4.78 is 0. The van der Waals surface area contributed by atoms with E-state index in [9.17, 15) is 5.11 Å². The summed E-state index contributed by atoms with van der Waals surface area (Å²) in [4.78, 5) is 2.27. The first-order chi connectivity index (χ1) is 9.15. The number of nitrogens with one attached hydrogen (secondary N) is 1. The van der Waals surface area contributed by atoms with E-state index >= 15 is 0 Å². The standard InChI is InChI=1S/C16H28N2O/c1-5-15(17-6-2)14-9-7-8-10-16(14)18(11-12-19)13(3)4/h7-10,13,15,17,19H,5-6,11-12H2,1-4H3. The lowest BCUT2D eigenvalue weighted by atomic mass is 10.0. The third kappa shape index (κ3) is 4.22. The molecule has 108 valence electrons. The number of rotatable bonds is 8. The van der Waals surface area contributed by atoms with E-state index in [1.165, 1.54) is 11.3 Å². The Bertz CT molecular complexity index is 366. The van der Waals surface area contributed by atoms with Gasteiger partial charge in [-0.3, -0.25) is 0 Å². The summed E-state index contributed by atoms with van der Waals surface area (Å²) in [6.07, 6.45) is 1.07. The van der Waals surface area contributed by atoms with Crippen LogP contribution in [0.2, 0.25) is 0 Å². The zero-order chi connectivity index (χ0) is 14.3. The Balaban J connectivity index is 3.11. The minimum absolute atomic E-state index is 0.185. The lowest BCUT2D eigenvalue weighted by Crippen LogP contribution is -2.35.